The molecule has 4 heteroatoms. The SMILES string of the molecule is CC1CC1CN(C)Cc1cnc(N)s1. The van der Waals surface area contributed by atoms with Crippen molar-refractivity contribution in [2.75, 3.05) is 19.3 Å². The molecule has 1 aliphatic rings. The summed E-state index contributed by atoms with van der Waals surface area (Å²) in [5.41, 5.74) is 5.58. The van der Waals surface area contributed by atoms with E-state index in [1.54, 1.807) is 11.3 Å². The molecule has 1 aliphatic carbocycles. The van der Waals surface area contributed by atoms with Crippen LogP contribution >= 0.6 is 11.3 Å². The summed E-state index contributed by atoms with van der Waals surface area (Å²) in [6.07, 6.45) is 3.28. The fourth-order valence-electron chi connectivity index (χ4n) is 1.78. The van der Waals surface area contributed by atoms with E-state index in [4.69, 9.17) is 5.73 Å². The van der Waals surface area contributed by atoms with Gasteiger partial charge in [0.05, 0.1) is 0 Å². The van der Waals surface area contributed by atoms with Crippen LogP contribution in [0.5, 0.6) is 0 Å². The first kappa shape index (κ1) is 9.93. The van der Waals surface area contributed by atoms with E-state index in [2.05, 4.69) is 23.9 Å². The van der Waals surface area contributed by atoms with Crippen LogP contribution in [0.2, 0.25) is 0 Å². The number of hydrogen-bond acceptors (Lipinski definition) is 4. The number of nitrogens with zero attached hydrogens (tertiary/aromatic N) is 2. The zero-order chi connectivity index (χ0) is 10.1. The lowest BCUT2D eigenvalue weighted by Gasteiger charge is -2.14. The van der Waals surface area contributed by atoms with Gasteiger partial charge in [0.25, 0.3) is 0 Å². The molecule has 2 rings (SSSR count). The molecule has 2 N–H and O–H groups in total. The highest BCUT2D eigenvalue weighted by Crippen LogP contribution is 2.38. The Balaban J connectivity index is 1.79. The van der Waals surface area contributed by atoms with E-state index in [9.17, 15) is 0 Å². The van der Waals surface area contributed by atoms with Crippen LogP contribution < -0.4 is 5.73 Å². The van der Waals surface area contributed by atoms with Crippen molar-refractivity contribution < 1.29 is 0 Å². The molecule has 78 valence electrons. The Morgan fingerprint density at radius 3 is 2.93 bits per heavy atom. The van der Waals surface area contributed by atoms with Crippen molar-refractivity contribution in [3.05, 3.63) is 11.1 Å². The number of nitrogen functional groups attached to an aromatic ring is 1. The highest BCUT2D eigenvalue weighted by Gasteiger charge is 2.32. The molecule has 0 amide bonds. The van der Waals surface area contributed by atoms with Crippen molar-refractivity contribution in [2.45, 2.75) is 19.9 Å². The molecule has 0 aliphatic heterocycles. The smallest absolute Gasteiger partial charge is 0.180 e. The Bertz CT molecular complexity index is 310. The minimum atomic E-state index is 0.674. The van der Waals surface area contributed by atoms with Crippen LogP contribution in [0.1, 0.15) is 18.2 Å². The van der Waals surface area contributed by atoms with Gasteiger partial charge in [-0.3, -0.25) is 0 Å². The van der Waals surface area contributed by atoms with E-state index in [1.165, 1.54) is 17.8 Å². The first-order valence-corrected chi connectivity index (χ1v) is 5.85. The van der Waals surface area contributed by atoms with Crippen LogP contribution in [0.4, 0.5) is 5.13 Å². The number of thiazole rings is 1. The fourth-order valence-corrected chi connectivity index (χ4v) is 2.54. The zero-order valence-corrected chi connectivity index (χ0v) is 9.55. The topological polar surface area (TPSA) is 42.2 Å². The van der Waals surface area contributed by atoms with Crippen LogP contribution in [-0.4, -0.2) is 23.5 Å². The van der Waals surface area contributed by atoms with Crippen molar-refractivity contribution in [1.82, 2.24) is 9.88 Å². The molecule has 0 radical (unpaired) electrons. The molecule has 1 aromatic rings. The lowest BCUT2D eigenvalue weighted by molar-refractivity contribution is 0.310. The predicted molar refractivity (Wildman–Crippen MR) is 60.1 cm³/mol. The second-order valence-electron chi connectivity index (χ2n) is 4.33. The molecule has 0 spiro atoms. The summed E-state index contributed by atoms with van der Waals surface area (Å²) in [4.78, 5) is 7.67. The van der Waals surface area contributed by atoms with E-state index in [1.807, 2.05) is 6.20 Å². The highest BCUT2D eigenvalue weighted by atomic mass is 32.1. The predicted octanol–water partition coefficient (Wildman–Crippen LogP) is 1.81. The third kappa shape index (κ3) is 2.45. The summed E-state index contributed by atoms with van der Waals surface area (Å²) in [6.45, 7) is 4.51. The van der Waals surface area contributed by atoms with Gasteiger partial charge in [0.15, 0.2) is 5.13 Å². The van der Waals surface area contributed by atoms with Crippen molar-refractivity contribution in [1.29, 1.82) is 0 Å². The van der Waals surface area contributed by atoms with Gasteiger partial charge in [-0.15, -0.1) is 11.3 Å². The fraction of sp³-hybridized carbons (Fsp3) is 0.700. The van der Waals surface area contributed by atoms with Crippen LogP contribution in [-0.2, 0) is 6.54 Å². The largest absolute Gasteiger partial charge is 0.375 e. The van der Waals surface area contributed by atoms with Crippen LogP contribution in [0, 0.1) is 11.8 Å². The van der Waals surface area contributed by atoms with E-state index in [-0.39, 0.29) is 0 Å². The van der Waals surface area contributed by atoms with Gasteiger partial charge in [0, 0.05) is 24.2 Å². The van der Waals surface area contributed by atoms with Crippen molar-refractivity contribution in [3.63, 3.8) is 0 Å². The van der Waals surface area contributed by atoms with Gasteiger partial charge in [-0.2, -0.15) is 0 Å². The van der Waals surface area contributed by atoms with E-state index >= 15 is 0 Å². The standard InChI is InChI=1S/C10H17N3S/c1-7-3-8(7)5-13(2)6-9-4-12-10(11)14-9/h4,7-8H,3,5-6H2,1-2H3,(H2,11,12). The van der Waals surface area contributed by atoms with E-state index in [0.29, 0.717) is 5.13 Å². The summed E-state index contributed by atoms with van der Waals surface area (Å²) in [5, 5.41) is 0.674. The summed E-state index contributed by atoms with van der Waals surface area (Å²) < 4.78 is 0. The van der Waals surface area contributed by atoms with Crippen LogP contribution in [0.3, 0.4) is 0 Å². The molecule has 14 heavy (non-hydrogen) atoms. The molecule has 0 bridgehead atoms. The normalized spacial score (nSPS) is 25.6. The average molecular weight is 211 g/mol. The quantitative estimate of drug-likeness (QED) is 0.826. The number of nitrogens with two attached hydrogens (primary N) is 1. The van der Waals surface area contributed by atoms with Crippen molar-refractivity contribution >= 4 is 16.5 Å². The van der Waals surface area contributed by atoms with Crippen LogP contribution in [0.15, 0.2) is 6.20 Å². The maximum absolute atomic E-state index is 5.58. The molecular formula is C10H17N3S. The van der Waals surface area contributed by atoms with Crippen LogP contribution in [0.25, 0.3) is 0 Å². The maximum Gasteiger partial charge on any atom is 0.180 e. The maximum atomic E-state index is 5.58. The van der Waals surface area contributed by atoms with Gasteiger partial charge in [0.2, 0.25) is 0 Å². The van der Waals surface area contributed by atoms with Gasteiger partial charge >= 0.3 is 0 Å². The average Bonchev–Trinajstić information content (AvgIpc) is 2.59. The first-order chi connectivity index (χ1) is 6.65. The summed E-state index contributed by atoms with van der Waals surface area (Å²) in [5.74, 6) is 1.86. The molecule has 0 aromatic carbocycles. The Hall–Kier alpha value is -0.610. The molecule has 1 heterocycles. The Labute approximate surface area is 88.9 Å². The number of aromatic nitrogens is 1. The summed E-state index contributed by atoms with van der Waals surface area (Å²) >= 11 is 1.59. The number of hydrogen-bond donors (Lipinski definition) is 1. The lowest BCUT2D eigenvalue weighted by atomic mass is 10.3. The lowest BCUT2D eigenvalue weighted by Crippen LogP contribution is -2.20. The van der Waals surface area contributed by atoms with Gasteiger partial charge < -0.3 is 10.6 Å². The zero-order valence-electron chi connectivity index (χ0n) is 8.73. The minimum absolute atomic E-state index is 0.674. The molecule has 1 aromatic heterocycles. The molecule has 2 atom stereocenters. The molecule has 2 unspecified atom stereocenters. The van der Waals surface area contributed by atoms with Gasteiger partial charge in [-0.25, -0.2) is 4.98 Å². The highest BCUT2D eigenvalue weighted by molar-refractivity contribution is 7.15. The second-order valence-corrected chi connectivity index (χ2v) is 5.48. The van der Waals surface area contributed by atoms with Gasteiger partial charge in [-0.1, -0.05) is 6.92 Å². The second kappa shape index (κ2) is 3.87. The van der Waals surface area contributed by atoms with E-state index in [0.717, 1.165) is 18.4 Å². The Kier molecular flexibility index (Phi) is 2.74. The molecule has 1 fully saturated rings. The molecule has 1 saturated carbocycles. The monoisotopic (exact) mass is 211 g/mol. The summed E-state index contributed by atoms with van der Waals surface area (Å²) in [6, 6.07) is 0. The van der Waals surface area contributed by atoms with Gasteiger partial charge in [0.1, 0.15) is 0 Å². The number of rotatable bonds is 4. The van der Waals surface area contributed by atoms with Crippen molar-refractivity contribution in [2.24, 2.45) is 11.8 Å². The van der Waals surface area contributed by atoms with E-state index < -0.39 is 0 Å². The Morgan fingerprint density at radius 1 is 1.71 bits per heavy atom. The van der Waals surface area contributed by atoms with Crippen molar-refractivity contribution in [3.8, 4) is 0 Å². The third-order valence-corrected chi connectivity index (χ3v) is 3.63. The molecular weight excluding hydrogens is 194 g/mol. The third-order valence-electron chi connectivity index (χ3n) is 2.82. The minimum Gasteiger partial charge on any atom is -0.375 e. The summed E-state index contributed by atoms with van der Waals surface area (Å²) in [7, 11) is 2.17. The number of anilines is 1. The van der Waals surface area contributed by atoms with Gasteiger partial charge in [-0.05, 0) is 25.3 Å². The Morgan fingerprint density at radius 2 is 2.43 bits per heavy atom. The first-order valence-electron chi connectivity index (χ1n) is 5.04. The molecule has 0 saturated heterocycles. The molecule has 3 nitrogen and oxygen atoms in total.